The molecule has 1 heterocycles. The van der Waals surface area contributed by atoms with Crippen LogP contribution in [0.3, 0.4) is 0 Å². The predicted octanol–water partition coefficient (Wildman–Crippen LogP) is 3.21. The molecule has 2 rings (SSSR count). The lowest BCUT2D eigenvalue weighted by Crippen LogP contribution is -1.94. The molecule has 0 unspecified atom stereocenters. The smallest absolute Gasteiger partial charge is 0.0830 e. The summed E-state index contributed by atoms with van der Waals surface area (Å²) in [6.45, 7) is 7.40. The number of hydrogen-bond acceptors (Lipinski definition) is 2. The third kappa shape index (κ3) is 3.19. The second kappa shape index (κ2) is 5.80. The molecule has 0 amide bonds. The molecule has 0 saturated carbocycles. The zero-order valence-electron chi connectivity index (χ0n) is 11.4. The zero-order chi connectivity index (χ0) is 13.0. The summed E-state index contributed by atoms with van der Waals surface area (Å²) in [7, 11) is 0. The quantitative estimate of drug-likeness (QED) is 0.807. The van der Waals surface area contributed by atoms with E-state index >= 15 is 0 Å². The molecule has 0 N–H and O–H groups in total. The van der Waals surface area contributed by atoms with Crippen LogP contribution in [0.4, 0.5) is 0 Å². The van der Waals surface area contributed by atoms with Crippen LogP contribution in [0.1, 0.15) is 43.5 Å². The Hall–Kier alpha value is -1.64. The lowest BCUT2D eigenvalue weighted by Gasteiger charge is -2.06. The topological polar surface area (TPSA) is 30.7 Å². The van der Waals surface area contributed by atoms with Gasteiger partial charge in [-0.25, -0.2) is 0 Å². The molecular weight excluding hydrogens is 222 g/mol. The fourth-order valence-electron chi connectivity index (χ4n) is 1.95. The molecule has 0 fully saturated rings. The molecule has 0 bridgehead atoms. The zero-order valence-corrected chi connectivity index (χ0v) is 11.4. The highest BCUT2D eigenvalue weighted by atomic mass is 15.4. The normalized spacial score (nSPS) is 11.1. The second-order valence-corrected chi connectivity index (χ2v) is 4.96. The summed E-state index contributed by atoms with van der Waals surface area (Å²) >= 11 is 0. The number of hydrogen-bond donors (Lipinski definition) is 0. The van der Waals surface area contributed by atoms with E-state index in [9.17, 15) is 0 Å². The summed E-state index contributed by atoms with van der Waals surface area (Å²) in [4.78, 5) is 0. The molecule has 0 aliphatic carbocycles. The average Bonchev–Trinajstić information content (AvgIpc) is 2.85. The summed E-state index contributed by atoms with van der Waals surface area (Å²) in [5.74, 6) is 0.600. The minimum Gasteiger partial charge on any atom is -0.253 e. The highest BCUT2D eigenvalue weighted by Gasteiger charge is 2.02. The number of nitrogens with zero attached hydrogens (tertiary/aromatic N) is 3. The van der Waals surface area contributed by atoms with Crippen molar-refractivity contribution < 1.29 is 0 Å². The molecule has 0 saturated heterocycles. The van der Waals surface area contributed by atoms with Crippen LogP contribution in [-0.4, -0.2) is 15.0 Å². The minimum absolute atomic E-state index is 0.600. The first-order chi connectivity index (χ1) is 8.69. The first-order valence-electron chi connectivity index (χ1n) is 6.67. The molecule has 1 aromatic heterocycles. The van der Waals surface area contributed by atoms with E-state index in [0.29, 0.717) is 5.92 Å². The summed E-state index contributed by atoms with van der Waals surface area (Å²) in [6, 6.07) is 8.89. The van der Waals surface area contributed by atoms with E-state index in [4.69, 9.17) is 0 Å². The van der Waals surface area contributed by atoms with Crippen molar-refractivity contribution >= 4 is 0 Å². The molecule has 0 spiro atoms. The standard InChI is InChI=1S/C15H21N3/c1-4-18-11-15(16-17-18)10-7-13-5-8-14(9-6-13)12(2)3/h5-6,8-9,11-12H,4,7,10H2,1-3H3. The van der Waals surface area contributed by atoms with Gasteiger partial charge in [0.05, 0.1) is 5.69 Å². The molecule has 18 heavy (non-hydrogen) atoms. The Kier molecular flexibility index (Phi) is 4.13. The van der Waals surface area contributed by atoms with Crippen LogP contribution in [0.25, 0.3) is 0 Å². The average molecular weight is 243 g/mol. The van der Waals surface area contributed by atoms with Crippen LogP contribution in [0, 0.1) is 0 Å². The van der Waals surface area contributed by atoms with Gasteiger partial charge in [0.15, 0.2) is 0 Å². The highest BCUT2D eigenvalue weighted by Crippen LogP contribution is 2.15. The van der Waals surface area contributed by atoms with Crippen molar-refractivity contribution in [3.05, 3.63) is 47.3 Å². The van der Waals surface area contributed by atoms with Crippen molar-refractivity contribution in [1.82, 2.24) is 15.0 Å². The number of aryl methyl sites for hydroxylation is 3. The summed E-state index contributed by atoms with van der Waals surface area (Å²) in [5, 5.41) is 8.21. The molecule has 0 aliphatic rings. The van der Waals surface area contributed by atoms with E-state index < -0.39 is 0 Å². The van der Waals surface area contributed by atoms with E-state index in [2.05, 4.69) is 55.3 Å². The van der Waals surface area contributed by atoms with E-state index in [-0.39, 0.29) is 0 Å². The Balaban J connectivity index is 1.93. The molecule has 1 aromatic carbocycles. The first kappa shape index (κ1) is 12.8. The highest BCUT2D eigenvalue weighted by molar-refractivity contribution is 5.25. The van der Waals surface area contributed by atoms with E-state index in [1.165, 1.54) is 11.1 Å². The van der Waals surface area contributed by atoms with Crippen LogP contribution in [0.2, 0.25) is 0 Å². The number of aromatic nitrogens is 3. The maximum absolute atomic E-state index is 4.16. The van der Waals surface area contributed by atoms with Crippen molar-refractivity contribution in [3.63, 3.8) is 0 Å². The molecule has 2 aromatic rings. The fourth-order valence-corrected chi connectivity index (χ4v) is 1.95. The first-order valence-corrected chi connectivity index (χ1v) is 6.67. The van der Waals surface area contributed by atoms with Crippen LogP contribution in [0.15, 0.2) is 30.5 Å². The molecule has 0 radical (unpaired) electrons. The number of rotatable bonds is 5. The molecule has 96 valence electrons. The number of benzene rings is 1. The van der Waals surface area contributed by atoms with Gasteiger partial charge in [0.2, 0.25) is 0 Å². The van der Waals surface area contributed by atoms with E-state index in [1.54, 1.807) is 0 Å². The van der Waals surface area contributed by atoms with Gasteiger partial charge in [-0.15, -0.1) is 5.10 Å². The molecule has 0 atom stereocenters. The van der Waals surface area contributed by atoms with Gasteiger partial charge in [0.25, 0.3) is 0 Å². The Labute approximate surface area is 109 Å². The lowest BCUT2D eigenvalue weighted by molar-refractivity contribution is 0.626. The Bertz CT molecular complexity index is 483. The third-order valence-corrected chi connectivity index (χ3v) is 3.23. The van der Waals surface area contributed by atoms with Gasteiger partial charge in [0, 0.05) is 12.7 Å². The Morgan fingerprint density at radius 1 is 1.11 bits per heavy atom. The fraction of sp³-hybridized carbons (Fsp3) is 0.467. The summed E-state index contributed by atoms with van der Waals surface area (Å²) in [5.41, 5.74) is 3.84. The molecule has 3 nitrogen and oxygen atoms in total. The maximum Gasteiger partial charge on any atom is 0.0830 e. The largest absolute Gasteiger partial charge is 0.253 e. The van der Waals surface area contributed by atoms with Crippen molar-refractivity contribution in [3.8, 4) is 0 Å². The van der Waals surface area contributed by atoms with Crippen LogP contribution in [0.5, 0.6) is 0 Å². The summed E-state index contributed by atoms with van der Waals surface area (Å²) < 4.78 is 1.87. The Morgan fingerprint density at radius 3 is 2.39 bits per heavy atom. The van der Waals surface area contributed by atoms with Crippen LogP contribution in [-0.2, 0) is 19.4 Å². The van der Waals surface area contributed by atoms with E-state index in [1.807, 2.05) is 10.9 Å². The van der Waals surface area contributed by atoms with Gasteiger partial charge in [-0.2, -0.15) is 0 Å². The van der Waals surface area contributed by atoms with Gasteiger partial charge in [-0.05, 0) is 36.8 Å². The van der Waals surface area contributed by atoms with Crippen LogP contribution >= 0.6 is 0 Å². The molecular formula is C15H21N3. The molecule has 0 aliphatic heterocycles. The SMILES string of the molecule is CCn1cc(CCc2ccc(C(C)C)cc2)nn1. The van der Waals surface area contributed by atoms with E-state index in [0.717, 1.165) is 25.1 Å². The maximum atomic E-state index is 4.16. The van der Waals surface area contributed by atoms with Crippen molar-refractivity contribution in [2.75, 3.05) is 0 Å². The third-order valence-electron chi connectivity index (χ3n) is 3.23. The van der Waals surface area contributed by atoms with Crippen LogP contribution < -0.4 is 0 Å². The second-order valence-electron chi connectivity index (χ2n) is 4.96. The summed E-state index contributed by atoms with van der Waals surface area (Å²) in [6.07, 6.45) is 4.02. The minimum atomic E-state index is 0.600. The van der Waals surface area contributed by atoms with Gasteiger partial charge in [-0.3, -0.25) is 4.68 Å². The van der Waals surface area contributed by atoms with Crippen molar-refractivity contribution in [2.24, 2.45) is 0 Å². The van der Waals surface area contributed by atoms with Gasteiger partial charge in [-0.1, -0.05) is 43.3 Å². The van der Waals surface area contributed by atoms with Gasteiger partial charge in [0.1, 0.15) is 0 Å². The lowest BCUT2D eigenvalue weighted by atomic mass is 10.00. The molecule has 3 heteroatoms. The van der Waals surface area contributed by atoms with Crippen molar-refractivity contribution in [1.29, 1.82) is 0 Å². The van der Waals surface area contributed by atoms with Gasteiger partial charge >= 0.3 is 0 Å². The van der Waals surface area contributed by atoms with Crippen molar-refractivity contribution in [2.45, 2.75) is 46.1 Å². The predicted molar refractivity (Wildman–Crippen MR) is 73.6 cm³/mol. The van der Waals surface area contributed by atoms with Gasteiger partial charge < -0.3 is 0 Å². The monoisotopic (exact) mass is 243 g/mol. The Morgan fingerprint density at radius 2 is 1.83 bits per heavy atom.